The summed E-state index contributed by atoms with van der Waals surface area (Å²) >= 11 is 0. The SMILES string of the molecule is Cc1c(C(=O)CCC(F)(F)F)ncn1-c1cccnc1. The fourth-order valence-electron chi connectivity index (χ4n) is 1.81. The molecule has 0 saturated heterocycles. The van der Waals surface area contributed by atoms with Crippen molar-refractivity contribution in [2.24, 2.45) is 0 Å². The van der Waals surface area contributed by atoms with Crippen LogP contribution in [-0.4, -0.2) is 26.5 Å². The van der Waals surface area contributed by atoms with Crippen LogP contribution < -0.4 is 0 Å². The minimum atomic E-state index is -4.34. The number of pyridine rings is 1. The molecule has 0 aliphatic heterocycles. The van der Waals surface area contributed by atoms with Gasteiger partial charge in [0, 0.05) is 12.6 Å². The number of nitrogens with zero attached hydrogens (tertiary/aromatic N) is 3. The van der Waals surface area contributed by atoms with E-state index >= 15 is 0 Å². The van der Waals surface area contributed by atoms with Crippen LogP contribution in [0.4, 0.5) is 13.2 Å². The summed E-state index contributed by atoms with van der Waals surface area (Å²) < 4.78 is 38.0. The lowest BCUT2D eigenvalue weighted by molar-refractivity contribution is -0.133. The highest BCUT2D eigenvalue weighted by Gasteiger charge is 2.29. The Morgan fingerprint density at radius 2 is 2.15 bits per heavy atom. The van der Waals surface area contributed by atoms with Gasteiger partial charge < -0.3 is 4.57 Å². The minimum absolute atomic E-state index is 0.0677. The van der Waals surface area contributed by atoms with Gasteiger partial charge in [-0.3, -0.25) is 9.78 Å². The summed E-state index contributed by atoms with van der Waals surface area (Å²) in [7, 11) is 0. The second-order valence-electron chi connectivity index (χ2n) is 4.30. The molecule has 0 saturated carbocycles. The molecule has 0 bridgehead atoms. The molecule has 0 spiro atoms. The van der Waals surface area contributed by atoms with Gasteiger partial charge in [0.25, 0.3) is 0 Å². The second kappa shape index (κ2) is 5.44. The first-order chi connectivity index (χ1) is 9.38. The van der Waals surface area contributed by atoms with Gasteiger partial charge in [-0.2, -0.15) is 13.2 Å². The molecule has 0 amide bonds. The van der Waals surface area contributed by atoms with Gasteiger partial charge in [0.05, 0.1) is 24.0 Å². The van der Waals surface area contributed by atoms with Crippen LogP contribution in [-0.2, 0) is 0 Å². The number of carbonyl (C=O) groups excluding carboxylic acids is 1. The van der Waals surface area contributed by atoms with E-state index in [2.05, 4.69) is 9.97 Å². The van der Waals surface area contributed by atoms with Gasteiger partial charge in [0.2, 0.25) is 0 Å². The lowest BCUT2D eigenvalue weighted by Gasteiger charge is -2.06. The molecule has 0 aromatic carbocycles. The Hall–Kier alpha value is -2.18. The summed E-state index contributed by atoms with van der Waals surface area (Å²) in [5.74, 6) is -0.609. The zero-order valence-corrected chi connectivity index (χ0v) is 10.7. The van der Waals surface area contributed by atoms with Crippen LogP contribution in [0.25, 0.3) is 5.69 Å². The summed E-state index contributed by atoms with van der Waals surface area (Å²) in [5, 5.41) is 0. The number of alkyl halides is 3. The standard InChI is InChI=1S/C13H12F3N3O/c1-9-12(11(20)4-5-13(14,15)16)18-8-19(9)10-3-2-6-17-7-10/h2-3,6-8H,4-5H2,1H3. The number of Topliss-reactive ketones (excluding diaryl/α,β-unsaturated/α-hetero) is 1. The molecule has 0 aliphatic rings. The lowest BCUT2D eigenvalue weighted by Crippen LogP contribution is -2.12. The molecule has 0 fully saturated rings. The van der Waals surface area contributed by atoms with Crippen molar-refractivity contribution in [3.63, 3.8) is 0 Å². The predicted molar refractivity (Wildman–Crippen MR) is 65.7 cm³/mol. The molecule has 0 atom stereocenters. The molecule has 106 valence electrons. The molecule has 2 rings (SSSR count). The van der Waals surface area contributed by atoms with E-state index in [1.54, 1.807) is 36.0 Å². The highest BCUT2D eigenvalue weighted by molar-refractivity contribution is 5.95. The Morgan fingerprint density at radius 1 is 1.40 bits per heavy atom. The Morgan fingerprint density at radius 3 is 2.75 bits per heavy atom. The Bertz CT molecular complexity index is 605. The van der Waals surface area contributed by atoms with Crippen molar-refractivity contribution in [1.29, 1.82) is 0 Å². The second-order valence-corrected chi connectivity index (χ2v) is 4.30. The van der Waals surface area contributed by atoms with Crippen LogP contribution in [0.15, 0.2) is 30.9 Å². The molecule has 2 aromatic heterocycles. The summed E-state index contributed by atoms with van der Waals surface area (Å²) in [4.78, 5) is 19.6. The number of hydrogen-bond acceptors (Lipinski definition) is 3. The maximum absolute atomic E-state index is 12.1. The topological polar surface area (TPSA) is 47.8 Å². The molecule has 2 aromatic rings. The molecule has 20 heavy (non-hydrogen) atoms. The zero-order chi connectivity index (χ0) is 14.8. The quantitative estimate of drug-likeness (QED) is 0.810. The molecule has 0 radical (unpaired) electrons. The highest BCUT2D eigenvalue weighted by atomic mass is 19.4. The first kappa shape index (κ1) is 14.2. The van der Waals surface area contributed by atoms with Crippen molar-refractivity contribution >= 4 is 5.78 Å². The number of rotatable bonds is 4. The van der Waals surface area contributed by atoms with Crippen LogP contribution in [0.5, 0.6) is 0 Å². The number of hydrogen-bond donors (Lipinski definition) is 0. The first-order valence-electron chi connectivity index (χ1n) is 5.93. The van der Waals surface area contributed by atoms with Crippen molar-refractivity contribution in [3.8, 4) is 5.69 Å². The van der Waals surface area contributed by atoms with Gasteiger partial charge in [-0.25, -0.2) is 4.98 Å². The van der Waals surface area contributed by atoms with Crippen LogP contribution in [0, 0.1) is 6.92 Å². The number of imidazole rings is 1. The molecule has 2 heterocycles. The van der Waals surface area contributed by atoms with Gasteiger partial charge in [0.1, 0.15) is 12.0 Å². The molecule has 0 N–H and O–H groups in total. The van der Waals surface area contributed by atoms with Crippen molar-refractivity contribution in [2.75, 3.05) is 0 Å². The fourth-order valence-corrected chi connectivity index (χ4v) is 1.81. The molecule has 0 unspecified atom stereocenters. The predicted octanol–water partition coefficient (Wildman–Crippen LogP) is 3.10. The molecule has 7 heteroatoms. The minimum Gasteiger partial charge on any atom is -0.301 e. The fraction of sp³-hybridized carbons (Fsp3) is 0.308. The van der Waals surface area contributed by atoms with Crippen LogP contribution in [0.3, 0.4) is 0 Å². The lowest BCUT2D eigenvalue weighted by atomic mass is 10.1. The van der Waals surface area contributed by atoms with E-state index < -0.39 is 24.8 Å². The molecule has 0 aliphatic carbocycles. The van der Waals surface area contributed by atoms with Crippen LogP contribution in [0.2, 0.25) is 0 Å². The van der Waals surface area contributed by atoms with E-state index in [4.69, 9.17) is 0 Å². The molecular weight excluding hydrogens is 271 g/mol. The van der Waals surface area contributed by atoms with Gasteiger partial charge in [-0.1, -0.05) is 0 Å². The van der Waals surface area contributed by atoms with E-state index in [9.17, 15) is 18.0 Å². The number of ketones is 1. The van der Waals surface area contributed by atoms with Gasteiger partial charge in [-0.05, 0) is 19.1 Å². The number of halogens is 3. The van der Waals surface area contributed by atoms with E-state index in [0.717, 1.165) is 0 Å². The summed E-state index contributed by atoms with van der Waals surface area (Å²) in [6, 6.07) is 3.49. The van der Waals surface area contributed by atoms with Crippen molar-refractivity contribution in [3.05, 3.63) is 42.2 Å². The maximum atomic E-state index is 12.1. The number of carbonyl (C=O) groups is 1. The monoisotopic (exact) mass is 283 g/mol. The van der Waals surface area contributed by atoms with Crippen molar-refractivity contribution in [1.82, 2.24) is 14.5 Å². The van der Waals surface area contributed by atoms with Gasteiger partial charge >= 0.3 is 6.18 Å². The first-order valence-corrected chi connectivity index (χ1v) is 5.93. The smallest absolute Gasteiger partial charge is 0.301 e. The van der Waals surface area contributed by atoms with Crippen molar-refractivity contribution in [2.45, 2.75) is 25.9 Å². The van der Waals surface area contributed by atoms with E-state index in [1.165, 1.54) is 6.33 Å². The normalized spacial score (nSPS) is 11.6. The highest BCUT2D eigenvalue weighted by Crippen LogP contribution is 2.23. The van der Waals surface area contributed by atoms with Crippen molar-refractivity contribution < 1.29 is 18.0 Å². The summed E-state index contributed by atoms with van der Waals surface area (Å²) in [6.45, 7) is 1.64. The molecular formula is C13H12F3N3O. The van der Waals surface area contributed by atoms with E-state index in [0.29, 0.717) is 11.4 Å². The Labute approximate surface area is 113 Å². The zero-order valence-electron chi connectivity index (χ0n) is 10.7. The van der Waals surface area contributed by atoms with Gasteiger partial charge in [0.15, 0.2) is 5.78 Å². The third-order valence-electron chi connectivity index (χ3n) is 2.83. The Balaban J connectivity index is 2.19. The molecule has 4 nitrogen and oxygen atoms in total. The van der Waals surface area contributed by atoms with Crippen LogP contribution >= 0.6 is 0 Å². The largest absolute Gasteiger partial charge is 0.389 e. The van der Waals surface area contributed by atoms with Gasteiger partial charge in [-0.15, -0.1) is 0 Å². The average molecular weight is 283 g/mol. The third-order valence-corrected chi connectivity index (χ3v) is 2.83. The third kappa shape index (κ3) is 3.23. The Kier molecular flexibility index (Phi) is 3.87. The number of aromatic nitrogens is 3. The van der Waals surface area contributed by atoms with E-state index in [1.807, 2.05) is 0 Å². The van der Waals surface area contributed by atoms with Crippen LogP contribution in [0.1, 0.15) is 29.0 Å². The summed E-state index contributed by atoms with van der Waals surface area (Å²) in [5.41, 5.74) is 1.27. The summed E-state index contributed by atoms with van der Waals surface area (Å²) in [6.07, 6.45) is -1.47. The van der Waals surface area contributed by atoms with E-state index in [-0.39, 0.29) is 5.69 Å². The maximum Gasteiger partial charge on any atom is 0.389 e. The average Bonchev–Trinajstić information content (AvgIpc) is 2.78.